The monoisotopic (exact) mass is 467 g/mol. The summed E-state index contributed by atoms with van der Waals surface area (Å²) in [4.78, 5) is 17.7. The minimum Gasteiger partial charge on any atom is -0.344 e. The van der Waals surface area contributed by atoms with Crippen LogP contribution in [-0.2, 0) is 4.79 Å². The number of carbonyl (C=O) groups is 1. The Morgan fingerprint density at radius 3 is 1.91 bits per heavy atom. The standard InChI is InChI=1S/C27H29N7O/c1-21(26(35)28-25(22-11-5-2-6-12-22)23-13-7-3-8-14-23)32-17-19-33(20-18-32)27-29-30-31-34(27)24-15-9-4-10-16-24/h2-16,21,25H,17-20H2,1H3,(H,28,35). The van der Waals surface area contributed by atoms with E-state index in [1.165, 1.54) is 0 Å². The molecule has 0 radical (unpaired) electrons. The van der Waals surface area contributed by atoms with Crippen molar-refractivity contribution in [2.45, 2.75) is 19.0 Å². The summed E-state index contributed by atoms with van der Waals surface area (Å²) in [5.74, 6) is 0.742. The highest BCUT2D eigenvalue weighted by molar-refractivity contribution is 5.82. The molecule has 3 aromatic carbocycles. The van der Waals surface area contributed by atoms with Crippen molar-refractivity contribution in [2.75, 3.05) is 31.1 Å². The number of para-hydroxylation sites is 1. The number of amides is 1. The number of carbonyl (C=O) groups excluding carboxylic acids is 1. The lowest BCUT2D eigenvalue weighted by Crippen LogP contribution is -2.54. The Labute approximate surface area is 205 Å². The first-order valence-electron chi connectivity index (χ1n) is 11.9. The van der Waals surface area contributed by atoms with Crippen LogP contribution >= 0.6 is 0 Å². The van der Waals surface area contributed by atoms with Crippen LogP contribution in [0.3, 0.4) is 0 Å². The van der Waals surface area contributed by atoms with E-state index in [0.29, 0.717) is 0 Å². The van der Waals surface area contributed by atoms with Crippen molar-refractivity contribution in [3.63, 3.8) is 0 Å². The van der Waals surface area contributed by atoms with E-state index in [0.717, 1.165) is 48.9 Å². The van der Waals surface area contributed by atoms with Crippen LogP contribution in [0.4, 0.5) is 5.95 Å². The molecular weight excluding hydrogens is 438 g/mol. The fourth-order valence-corrected chi connectivity index (χ4v) is 4.50. The highest BCUT2D eigenvalue weighted by Crippen LogP contribution is 2.23. The molecule has 1 aromatic heterocycles. The summed E-state index contributed by atoms with van der Waals surface area (Å²) in [5.41, 5.74) is 3.06. The van der Waals surface area contributed by atoms with Crippen LogP contribution in [0.2, 0.25) is 0 Å². The number of hydrogen-bond acceptors (Lipinski definition) is 6. The Morgan fingerprint density at radius 2 is 1.34 bits per heavy atom. The molecule has 1 amide bonds. The number of benzene rings is 3. The van der Waals surface area contributed by atoms with Gasteiger partial charge >= 0.3 is 0 Å². The molecule has 8 heteroatoms. The first-order valence-corrected chi connectivity index (χ1v) is 11.9. The van der Waals surface area contributed by atoms with Gasteiger partial charge in [0, 0.05) is 26.2 Å². The topological polar surface area (TPSA) is 79.2 Å². The summed E-state index contributed by atoms with van der Waals surface area (Å²) in [6, 6.07) is 29.6. The van der Waals surface area contributed by atoms with Gasteiger partial charge < -0.3 is 10.2 Å². The predicted molar refractivity (Wildman–Crippen MR) is 135 cm³/mol. The smallest absolute Gasteiger partial charge is 0.250 e. The summed E-state index contributed by atoms with van der Waals surface area (Å²) in [6.45, 7) is 4.96. The molecule has 35 heavy (non-hydrogen) atoms. The zero-order chi connectivity index (χ0) is 24.0. The van der Waals surface area contributed by atoms with Crippen molar-refractivity contribution < 1.29 is 4.79 Å². The van der Waals surface area contributed by atoms with Crippen molar-refractivity contribution in [3.05, 3.63) is 102 Å². The summed E-state index contributed by atoms with van der Waals surface area (Å²) in [6.07, 6.45) is 0. The molecule has 0 spiro atoms. The molecule has 4 aromatic rings. The van der Waals surface area contributed by atoms with Gasteiger partial charge in [-0.15, -0.1) is 0 Å². The first-order chi connectivity index (χ1) is 17.2. The average Bonchev–Trinajstić information content (AvgIpc) is 3.43. The fourth-order valence-electron chi connectivity index (χ4n) is 4.50. The predicted octanol–water partition coefficient (Wildman–Crippen LogP) is 3.08. The number of piperazine rings is 1. The van der Waals surface area contributed by atoms with E-state index in [1.807, 2.05) is 73.7 Å². The molecular formula is C27H29N7O. The van der Waals surface area contributed by atoms with Gasteiger partial charge in [0.25, 0.3) is 0 Å². The van der Waals surface area contributed by atoms with E-state index >= 15 is 0 Å². The number of nitrogens with zero attached hydrogens (tertiary/aromatic N) is 6. The zero-order valence-electron chi connectivity index (χ0n) is 19.7. The van der Waals surface area contributed by atoms with Gasteiger partial charge in [0.05, 0.1) is 17.8 Å². The molecule has 1 aliphatic heterocycles. The highest BCUT2D eigenvalue weighted by Gasteiger charge is 2.29. The van der Waals surface area contributed by atoms with E-state index in [1.54, 1.807) is 4.68 Å². The van der Waals surface area contributed by atoms with Crippen LogP contribution < -0.4 is 10.2 Å². The average molecular weight is 468 g/mol. The quantitative estimate of drug-likeness (QED) is 0.450. The summed E-state index contributed by atoms with van der Waals surface area (Å²) < 4.78 is 1.76. The summed E-state index contributed by atoms with van der Waals surface area (Å²) in [5, 5.41) is 15.6. The van der Waals surface area contributed by atoms with E-state index in [4.69, 9.17) is 0 Å². The molecule has 5 rings (SSSR count). The lowest BCUT2D eigenvalue weighted by atomic mass is 9.98. The number of rotatable bonds is 7. The molecule has 1 aliphatic rings. The second-order valence-corrected chi connectivity index (χ2v) is 8.69. The molecule has 1 N–H and O–H groups in total. The van der Waals surface area contributed by atoms with Gasteiger partial charge in [0.1, 0.15) is 0 Å². The van der Waals surface area contributed by atoms with Gasteiger partial charge in [-0.1, -0.05) is 84.0 Å². The van der Waals surface area contributed by atoms with Crippen LogP contribution in [0.25, 0.3) is 5.69 Å². The second-order valence-electron chi connectivity index (χ2n) is 8.69. The van der Waals surface area contributed by atoms with Crippen molar-refractivity contribution >= 4 is 11.9 Å². The van der Waals surface area contributed by atoms with Gasteiger partial charge in [-0.3, -0.25) is 9.69 Å². The number of anilines is 1. The third-order valence-electron chi connectivity index (χ3n) is 6.53. The molecule has 0 bridgehead atoms. The first kappa shape index (κ1) is 22.7. The zero-order valence-corrected chi connectivity index (χ0v) is 19.7. The van der Waals surface area contributed by atoms with Crippen LogP contribution in [0.5, 0.6) is 0 Å². The Bertz CT molecular complexity index is 1180. The Balaban J connectivity index is 1.24. The SMILES string of the molecule is CC(C(=O)NC(c1ccccc1)c1ccccc1)N1CCN(c2nnnn2-c2ccccc2)CC1. The third-order valence-corrected chi connectivity index (χ3v) is 6.53. The summed E-state index contributed by atoms with van der Waals surface area (Å²) >= 11 is 0. The third kappa shape index (κ3) is 5.07. The maximum atomic E-state index is 13.3. The van der Waals surface area contributed by atoms with E-state index in [-0.39, 0.29) is 18.0 Å². The lowest BCUT2D eigenvalue weighted by molar-refractivity contribution is -0.126. The molecule has 2 heterocycles. The fraction of sp³-hybridized carbons (Fsp3) is 0.259. The number of nitrogens with one attached hydrogen (secondary N) is 1. The van der Waals surface area contributed by atoms with E-state index < -0.39 is 0 Å². The molecule has 1 atom stereocenters. The summed E-state index contributed by atoms with van der Waals surface area (Å²) in [7, 11) is 0. The number of aromatic nitrogens is 4. The van der Waals surface area contributed by atoms with Gasteiger partial charge in [0.2, 0.25) is 11.9 Å². The second kappa shape index (κ2) is 10.5. The number of hydrogen-bond donors (Lipinski definition) is 1. The van der Waals surface area contributed by atoms with E-state index in [2.05, 4.69) is 54.9 Å². The van der Waals surface area contributed by atoms with Crippen LogP contribution in [-0.4, -0.2) is 63.2 Å². The molecule has 178 valence electrons. The normalized spacial score (nSPS) is 15.2. The van der Waals surface area contributed by atoms with Gasteiger partial charge in [0.15, 0.2) is 0 Å². The molecule has 1 fully saturated rings. The minimum atomic E-state index is -0.253. The van der Waals surface area contributed by atoms with Crippen LogP contribution in [0, 0.1) is 0 Å². The van der Waals surface area contributed by atoms with Crippen molar-refractivity contribution in [1.29, 1.82) is 0 Å². The maximum Gasteiger partial charge on any atom is 0.250 e. The molecule has 8 nitrogen and oxygen atoms in total. The molecule has 0 aliphatic carbocycles. The van der Waals surface area contributed by atoms with Crippen molar-refractivity contribution in [3.8, 4) is 5.69 Å². The van der Waals surface area contributed by atoms with Gasteiger partial charge in [-0.05, 0) is 40.6 Å². The largest absolute Gasteiger partial charge is 0.344 e. The minimum absolute atomic E-state index is 0.0188. The Hall–Kier alpha value is -4.04. The van der Waals surface area contributed by atoms with Gasteiger partial charge in [-0.2, -0.15) is 4.68 Å². The van der Waals surface area contributed by atoms with Crippen molar-refractivity contribution in [1.82, 2.24) is 30.4 Å². The van der Waals surface area contributed by atoms with Crippen LogP contribution in [0.1, 0.15) is 24.1 Å². The van der Waals surface area contributed by atoms with E-state index in [9.17, 15) is 4.79 Å². The van der Waals surface area contributed by atoms with Crippen LogP contribution in [0.15, 0.2) is 91.0 Å². The lowest BCUT2D eigenvalue weighted by Gasteiger charge is -2.37. The Morgan fingerprint density at radius 1 is 0.800 bits per heavy atom. The molecule has 1 unspecified atom stereocenters. The highest BCUT2D eigenvalue weighted by atomic mass is 16.2. The maximum absolute atomic E-state index is 13.3. The molecule has 0 saturated carbocycles. The van der Waals surface area contributed by atoms with Crippen molar-refractivity contribution in [2.24, 2.45) is 0 Å². The molecule has 1 saturated heterocycles. The Kier molecular flexibility index (Phi) is 6.81. The van der Waals surface area contributed by atoms with Gasteiger partial charge in [-0.25, -0.2) is 0 Å². The number of tetrazole rings is 1.